The first kappa shape index (κ1) is 13.4. The molecule has 0 amide bonds. The zero-order valence-corrected chi connectivity index (χ0v) is 11.8. The van der Waals surface area contributed by atoms with Gasteiger partial charge in [0.15, 0.2) is 0 Å². The van der Waals surface area contributed by atoms with Crippen molar-refractivity contribution in [2.75, 3.05) is 7.11 Å². The van der Waals surface area contributed by atoms with E-state index in [9.17, 15) is 0 Å². The van der Waals surface area contributed by atoms with E-state index in [1.165, 1.54) is 30.4 Å². The Hall–Kier alpha value is -1.02. The minimum Gasteiger partial charge on any atom is -0.496 e. The summed E-state index contributed by atoms with van der Waals surface area (Å²) in [5.41, 5.74) is 8.94. The molecule has 1 aliphatic carbocycles. The largest absolute Gasteiger partial charge is 0.496 e. The number of hydrogen-bond donors (Lipinski definition) is 1. The van der Waals surface area contributed by atoms with Crippen molar-refractivity contribution in [2.45, 2.75) is 57.4 Å². The molecule has 2 nitrogen and oxygen atoms in total. The minimum absolute atomic E-state index is 0.138. The molecule has 1 saturated carbocycles. The fourth-order valence-electron chi connectivity index (χ4n) is 2.97. The summed E-state index contributed by atoms with van der Waals surface area (Å²) in [6.45, 7) is 4.38. The summed E-state index contributed by atoms with van der Waals surface area (Å²) in [5, 5.41) is 0. The molecule has 0 radical (unpaired) electrons. The topological polar surface area (TPSA) is 35.2 Å². The monoisotopic (exact) mass is 247 g/mol. The van der Waals surface area contributed by atoms with Gasteiger partial charge in [-0.15, -0.1) is 0 Å². The van der Waals surface area contributed by atoms with E-state index < -0.39 is 0 Å². The molecule has 1 aromatic carbocycles. The molecule has 2 rings (SSSR count). The second kappa shape index (κ2) is 5.31. The lowest BCUT2D eigenvalue weighted by Crippen LogP contribution is -2.38. The Balaban J connectivity index is 2.34. The zero-order chi connectivity index (χ0) is 13.2. The van der Waals surface area contributed by atoms with Crippen LogP contribution in [0, 0.1) is 0 Å². The maximum absolute atomic E-state index is 6.57. The number of nitrogens with two attached hydrogens (primary N) is 1. The summed E-state index contributed by atoms with van der Waals surface area (Å²) in [4.78, 5) is 0. The lowest BCUT2D eigenvalue weighted by atomic mass is 9.77. The van der Waals surface area contributed by atoms with E-state index in [1.54, 1.807) is 7.11 Å². The van der Waals surface area contributed by atoms with Gasteiger partial charge in [-0.1, -0.05) is 45.2 Å². The van der Waals surface area contributed by atoms with E-state index in [0.29, 0.717) is 5.92 Å². The summed E-state index contributed by atoms with van der Waals surface area (Å²) in [6.07, 6.45) is 5.99. The molecule has 0 bridgehead atoms. The number of methoxy groups -OCH3 is 1. The van der Waals surface area contributed by atoms with Crippen LogP contribution in [-0.4, -0.2) is 7.11 Å². The summed E-state index contributed by atoms with van der Waals surface area (Å²) in [7, 11) is 1.75. The number of benzene rings is 1. The molecular formula is C16H25NO. The highest BCUT2D eigenvalue weighted by molar-refractivity contribution is 5.42. The molecule has 2 N–H and O–H groups in total. The van der Waals surface area contributed by atoms with E-state index in [4.69, 9.17) is 10.5 Å². The Labute approximate surface area is 111 Å². The van der Waals surface area contributed by atoms with Gasteiger partial charge in [-0.3, -0.25) is 0 Å². The van der Waals surface area contributed by atoms with Crippen molar-refractivity contribution in [3.8, 4) is 5.75 Å². The molecule has 1 fully saturated rings. The zero-order valence-electron chi connectivity index (χ0n) is 11.8. The Bertz CT molecular complexity index is 406. The summed E-state index contributed by atoms with van der Waals surface area (Å²) >= 11 is 0. The van der Waals surface area contributed by atoms with Crippen LogP contribution in [0.4, 0.5) is 0 Å². The Morgan fingerprint density at radius 2 is 1.83 bits per heavy atom. The van der Waals surface area contributed by atoms with Crippen LogP contribution in [-0.2, 0) is 5.54 Å². The summed E-state index contributed by atoms with van der Waals surface area (Å²) in [6, 6.07) is 6.53. The van der Waals surface area contributed by atoms with E-state index in [1.807, 2.05) is 0 Å². The van der Waals surface area contributed by atoms with Crippen molar-refractivity contribution in [3.63, 3.8) is 0 Å². The van der Waals surface area contributed by atoms with Crippen molar-refractivity contribution >= 4 is 0 Å². The molecule has 0 saturated heterocycles. The SMILES string of the molecule is COc1cc(C2(N)CCCCC2)ccc1C(C)C. The minimum atomic E-state index is -0.138. The predicted octanol–water partition coefficient (Wildman–Crippen LogP) is 3.94. The van der Waals surface area contributed by atoms with Crippen LogP contribution in [0.2, 0.25) is 0 Å². The molecule has 18 heavy (non-hydrogen) atoms. The maximum Gasteiger partial charge on any atom is 0.122 e. The van der Waals surface area contributed by atoms with Gasteiger partial charge in [-0.05, 0) is 36.0 Å². The Morgan fingerprint density at radius 1 is 1.17 bits per heavy atom. The predicted molar refractivity (Wildman–Crippen MR) is 76.0 cm³/mol. The summed E-state index contributed by atoms with van der Waals surface area (Å²) in [5.74, 6) is 1.46. The molecule has 0 atom stereocenters. The second-order valence-corrected chi connectivity index (χ2v) is 5.83. The van der Waals surface area contributed by atoms with Crippen LogP contribution in [0.3, 0.4) is 0 Å². The van der Waals surface area contributed by atoms with E-state index >= 15 is 0 Å². The lowest BCUT2D eigenvalue weighted by molar-refractivity contribution is 0.300. The second-order valence-electron chi connectivity index (χ2n) is 5.83. The van der Waals surface area contributed by atoms with Crippen LogP contribution in [0.15, 0.2) is 18.2 Å². The van der Waals surface area contributed by atoms with Gasteiger partial charge in [0.25, 0.3) is 0 Å². The standard InChI is InChI=1S/C16H25NO/c1-12(2)14-8-7-13(11-15(14)18-3)16(17)9-5-4-6-10-16/h7-8,11-12H,4-6,9-10,17H2,1-3H3. The molecule has 0 aromatic heterocycles. The molecule has 0 spiro atoms. The van der Waals surface area contributed by atoms with Crippen LogP contribution in [0.5, 0.6) is 5.75 Å². The van der Waals surface area contributed by atoms with Crippen LogP contribution in [0.1, 0.15) is 63.0 Å². The van der Waals surface area contributed by atoms with Crippen molar-refractivity contribution in [2.24, 2.45) is 5.73 Å². The molecule has 0 aliphatic heterocycles. The van der Waals surface area contributed by atoms with Gasteiger partial charge in [0.05, 0.1) is 7.11 Å². The van der Waals surface area contributed by atoms with Gasteiger partial charge >= 0.3 is 0 Å². The maximum atomic E-state index is 6.57. The third-order valence-corrected chi connectivity index (χ3v) is 4.18. The number of rotatable bonds is 3. The van der Waals surface area contributed by atoms with Crippen LogP contribution < -0.4 is 10.5 Å². The van der Waals surface area contributed by atoms with Gasteiger partial charge in [0.1, 0.15) is 5.75 Å². The molecule has 1 aliphatic rings. The van der Waals surface area contributed by atoms with Crippen molar-refractivity contribution in [3.05, 3.63) is 29.3 Å². The molecule has 0 unspecified atom stereocenters. The average molecular weight is 247 g/mol. The third kappa shape index (κ3) is 2.54. The van der Waals surface area contributed by atoms with Gasteiger partial charge < -0.3 is 10.5 Å². The molecular weight excluding hydrogens is 222 g/mol. The summed E-state index contributed by atoms with van der Waals surface area (Å²) < 4.78 is 5.53. The first-order valence-electron chi connectivity index (χ1n) is 7.04. The number of hydrogen-bond acceptors (Lipinski definition) is 2. The van der Waals surface area contributed by atoms with E-state index in [-0.39, 0.29) is 5.54 Å². The van der Waals surface area contributed by atoms with Crippen LogP contribution >= 0.6 is 0 Å². The van der Waals surface area contributed by atoms with Crippen molar-refractivity contribution in [1.29, 1.82) is 0 Å². The van der Waals surface area contributed by atoms with E-state index in [0.717, 1.165) is 18.6 Å². The fraction of sp³-hybridized carbons (Fsp3) is 0.625. The Morgan fingerprint density at radius 3 is 2.39 bits per heavy atom. The van der Waals surface area contributed by atoms with Crippen molar-refractivity contribution in [1.82, 2.24) is 0 Å². The highest BCUT2D eigenvalue weighted by Crippen LogP contribution is 2.38. The first-order valence-corrected chi connectivity index (χ1v) is 7.04. The third-order valence-electron chi connectivity index (χ3n) is 4.18. The molecule has 0 heterocycles. The van der Waals surface area contributed by atoms with Crippen LogP contribution in [0.25, 0.3) is 0 Å². The fourth-order valence-corrected chi connectivity index (χ4v) is 2.97. The van der Waals surface area contributed by atoms with Crippen molar-refractivity contribution < 1.29 is 4.74 Å². The highest BCUT2D eigenvalue weighted by atomic mass is 16.5. The lowest BCUT2D eigenvalue weighted by Gasteiger charge is -2.34. The quantitative estimate of drug-likeness (QED) is 0.878. The highest BCUT2D eigenvalue weighted by Gasteiger charge is 2.30. The normalized spacial score (nSPS) is 18.9. The van der Waals surface area contributed by atoms with Gasteiger partial charge in [0.2, 0.25) is 0 Å². The molecule has 1 aromatic rings. The van der Waals surface area contributed by atoms with Gasteiger partial charge in [-0.2, -0.15) is 0 Å². The first-order chi connectivity index (χ1) is 8.57. The van der Waals surface area contributed by atoms with Gasteiger partial charge in [0, 0.05) is 5.54 Å². The Kier molecular flexibility index (Phi) is 3.96. The smallest absolute Gasteiger partial charge is 0.122 e. The van der Waals surface area contributed by atoms with Gasteiger partial charge in [-0.25, -0.2) is 0 Å². The van der Waals surface area contributed by atoms with E-state index in [2.05, 4.69) is 32.0 Å². The molecule has 2 heteroatoms. The average Bonchev–Trinajstić information content (AvgIpc) is 2.38. The molecule has 100 valence electrons. The number of ether oxygens (including phenoxy) is 1.